The summed E-state index contributed by atoms with van der Waals surface area (Å²) < 4.78 is 22.8. The summed E-state index contributed by atoms with van der Waals surface area (Å²) in [6, 6.07) is 3.47. The van der Waals surface area contributed by atoms with Crippen LogP contribution in [0.1, 0.15) is 30.9 Å². The second-order valence-electron chi connectivity index (χ2n) is 6.45. The van der Waals surface area contributed by atoms with Crippen LogP contribution >= 0.6 is 0 Å². The maximum atomic E-state index is 12.2. The smallest absolute Gasteiger partial charge is 0.318 e. The fourth-order valence-electron chi connectivity index (χ4n) is 4.04. The van der Waals surface area contributed by atoms with Gasteiger partial charge in [-0.1, -0.05) is 0 Å². The minimum atomic E-state index is -0.733. The molecular weight excluding hydrogens is 312 g/mol. The molecule has 2 bridgehead atoms. The topological polar surface area (TPSA) is 78.1 Å². The average Bonchev–Trinajstić information content (AvgIpc) is 2.61. The molecule has 3 aliphatic heterocycles. The Morgan fingerprint density at radius 2 is 2.00 bits per heavy atom. The van der Waals surface area contributed by atoms with Crippen LogP contribution in [-0.2, 0) is 4.74 Å². The first-order chi connectivity index (χ1) is 11.7. The molecule has 3 heterocycles. The fourth-order valence-corrected chi connectivity index (χ4v) is 4.04. The van der Waals surface area contributed by atoms with Crippen LogP contribution in [-0.4, -0.2) is 39.2 Å². The molecular formula is C17H22N2O5. The summed E-state index contributed by atoms with van der Waals surface area (Å²) in [4.78, 5) is 12.2. The molecule has 7 heteroatoms. The summed E-state index contributed by atoms with van der Waals surface area (Å²) in [5.41, 5.74) is 0.189. The average molecular weight is 334 g/mol. The van der Waals surface area contributed by atoms with Crippen LogP contribution in [0.4, 0.5) is 4.79 Å². The van der Waals surface area contributed by atoms with Crippen molar-refractivity contribution >= 4 is 6.03 Å². The van der Waals surface area contributed by atoms with Gasteiger partial charge < -0.3 is 24.3 Å². The monoisotopic (exact) mass is 334 g/mol. The maximum Gasteiger partial charge on any atom is 0.318 e. The van der Waals surface area contributed by atoms with Crippen molar-refractivity contribution in [2.45, 2.75) is 31.0 Å². The lowest BCUT2D eigenvalue weighted by Gasteiger charge is -2.51. The third-order valence-corrected chi connectivity index (χ3v) is 5.21. The number of amides is 2. The van der Waals surface area contributed by atoms with Gasteiger partial charge in [-0.15, -0.1) is 0 Å². The molecule has 2 fully saturated rings. The Hall–Kier alpha value is -2.15. The Balaban J connectivity index is 1.80. The predicted octanol–water partition coefficient (Wildman–Crippen LogP) is 1.96. The van der Waals surface area contributed by atoms with Crippen LogP contribution in [0.15, 0.2) is 12.1 Å². The Bertz CT molecular complexity index is 659. The first kappa shape index (κ1) is 15.4. The SMILES string of the molecule is COc1ccc2c(c1OC)OC1(C3CCOCC3)CC2NC(=O)N1. The largest absolute Gasteiger partial charge is 0.493 e. The van der Waals surface area contributed by atoms with Gasteiger partial charge in [0.05, 0.1) is 20.3 Å². The van der Waals surface area contributed by atoms with E-state index >= 15 is 0 Å². The highest BCUT2D eigenvalue weighted by Crippen LogP contribution is 2.52. The van der Waals surface area contributed by atoms with Crippen molar-refractivity contribution in [2.75, 3.05) is 27.4 Å². The molecule has 130 valence electrons. The van der Waals surface area contributed by atoms with Crippen molar-refractivity contribution in [3.63, 3.8) is 0 Å². The van der Waals surface area contributed by atoms with Crippen LogP contribution in [0.3, 0.4) is 0 Å². The molecule has 2 N–H and O–H groups in total. The molecule has 24 heavy (non-hydrogen) atoms. The zero-order chi connectivity index (χ0) is 16.7. The van der Waals surface area contributed by atoms with E-state index in [-0.39, 0.29) is 18.0 Å². The van der Waals surface area contributed by atoms with Gasteiger partial charge in [-0.05, 0) is 25.0 Å². The third kappa shape index (κ3) is 2.26. The lowest BCUT2D eigenvalue weighted by molar-refractivity contribution is -0.0891. The number of carbonyl (C=O) groups is 1. The second kappa shape index (κ2) is 5.73. The first-order valence-electron chi connectivity index (χ1n) is 8.27. The van der Waals surface area contributed by atoms with Crippen molar-refractivity contribution < 1.29 is 23.7 Å². The maximum absolute atomic E-state index is 12.2. The second-order valence-corrected chi connectivity index (χ2v) is 6.45. The van der Waals surface area contributed by atoms with Gasteiger partial charge in [0, 0.05) is 31.1 Å². The van der Waals surface area contributed by atoms with Crippen molar-refractivity contribution in [2.24, 2.45) is 5.92 Å². The van der Waals surface area contributed by atoms with Crippen molar-refractivity contribution in [1.29, 1.82) is 0 Å². The minimum absolute atomic E-state index is 0.106. The number of ether oxygens (including phenoxy) is 4. The zero-order valence-electron chi connectivity index (χ0n) is 13.9. The van der Waals surface area contributed by atoms with Crippen LogP contribution in [0.5, 0.6) is 17.2 Å². The summed E-state index contributed by atoms with van der Waals surface area (Å²) in [5, 5.41) is 6.04. The molecule has 0 radical (unpaired) electrons. The standard InChI is InChI=1S/C17H22N2O5/c1-21-13-4-3-11-12-9-17(19-16(20)18-12,10-5-7-23-8-6-10)24-14(11)15(13)22-2/h3-4,10,12H,5-9H2,1-2H3,(H2,18,19,20). The van der Waals surface area contributed by atoms with Gasteiger partial charge in [0.1, 0.15) is 0 Å². The van der Waals surface area contributed by atoms with Crippen LogP contribution in [0.25, 0.3) is 0 Å². The summed E-state index contributed by atoms with van der Waals surface area (Å²) in [5.74, 6) is 2.02. The van der Waals surface area contributed by atoms with Crippen molar-refractivity contribution in [1.82, 2.24) is 10.6 Å². The van der Waals surface area contributed by atoms with Crippen molar-refractivity contribution in [3.05, 3.63) is 17.7 Å². The third-order valence-electron chi connectivity index (χ3n) is 5.21. The van der Waals surface area contributed by atoms with E-state index in [0.717, 1.165) is 18.4 Å². The molecule has 7 nitrogen and oxygen atoms in total. The molecule has 0 saturated carbocycles. The van der Waals surface area contributed by atoms with Gasteiger partial charge in [-0.3, -0.25) is 5.32 Å². The summed E-state index contributed by atoms with van der Waals surface area (Å²) >= 11 is 0. The van der Waals surface area contributed by atoms with E-state index < -0.39 is 5.72 Å². The molecule has 0 aliphatic carbocycles. The minimum Gasteiger partial charge on any atom is -0.493 e. The number of urea groups is 1. The van der Waals surface area contributed by atoms with Crippen LogP contribution in [0, 0.1) is 5.92 Å². The van der Waals surface area contributed by atoms with E-state index in [1.54, 1.807) is 14.2 Å². The molecule has 2 atom stereocenters. The lowest BCUT2D eigenvalue weighted by atomic mass is 9.79. The number of carbonyl (C=O) groups excluding carboxylic acids is 1. The number of hydrogen-bond donors (Lipinski definition) is 2. The highest BCUT2D eigenvalue weighted by atomic mass is 16.6. The Morgan fingerprint density at radius 3 is 2.71 bits per heavy atom. The number of nitrogens with one attached hydrogen (secondary N) is 2. The lowest BCUT2D eigenvalue weighted by Crippen LogP contribution is -2.68. The molecule has 1 aromatic carbocycles. The Morgan fingerprint density at radius 1 is 1.21 bits per heavy atom. The predicted molar refractivity (Wildman–Crippen MR) is 85.5 cm³/mol. The Kier molecular flexibility index (Phi) is 3.68. The summed E-state index contributed by atoms with van der Waals surface area (Å²) in [6.07, 6.45) is 2.40. The quantitative estimate of drug-likeness (QED) is 0.883. The van der Waals surface area contributed by atoms with E-state index in [1.165, 1.54) is 0 Å². The van der Waals surface area contributed by atoms with E-state index in [2.05, 4.69) is 10.6 Å². The number of fused-ring (bicyclic) bond motifs is 4. The molecule has 3 aliphatic rings. The van der Waals surface area contributed by atoms with Gasteiger partial charge in [-0.25, -0.2) is 4.79 Å². The molecule has 4 rings (SSSR count). The zero-order valence-corrected chi connectivity index (χ0v) is 13.9. The van der Waals surface area contributed by atoms with Gasteiger partial charge >= 0.3 is 6.03 Å². The van der Waals surface area contributed by atoms with E-state index in [9.17, 15) is 4.79 Å². The fraction of sp³-hybridized carbons (Fsp3) is 0.588. The highest BCUT2D eigenvalue weighted by molar-refractivity contribution is 5.77. The van der Waals surface area contributed by atoms with Gasteiger partial charge in [0.15, 0.2) is 17.2 Å². The Labute approximate surface area is 140 Å². The first-order valence-corrected chi connectivity index (χ1v) is 8.27. The van der Waals surface area contributed by atoms with E-state index in [4.69, 9.17) is 18.9 Å². The normalized spacial score (nSPS) is 28.9. The van der Waals surface area contributed by atoms with Gasteiger partial charge in [-0.2, -0.15) is 0 Å². The van der Waals surface area contributed by atoms with Crippen LogP contribution < -0.4 is 24.8 Å². The summed E-state index contributed by atoms with van der Waals surface area (Å²) in [6.45, 7) is 1.37. The number of benzene rings is 1. The van der Waals surface area contributed by atoms with E-state index in [0.29, 0.717) is 36.9 Å². The molecule has 1 aromatic rings. The summed E-state index contributed by atoms with van der Waals surface area (Å²) in [7, 11) is 3.20. The molecule has 0 aromatic heterocycles. The number of rotatable bonds is 3. The number of methoxy groups -OCH3 is 2. The van der Waals surface area contributed by atoms with E-state index in [1.807, 2.05) is 12.1 Å². The molecule has 2 unspecified atom stereocenters. The highest BCUT2D eigenvalue weighted by Gasteiger charge is 2.52. The van der Waals surface area contributed by atoms with Crippen LogP contribution in [0.2, 0.25) is 0 Å². The number of hydrogen-bond acceptors (Lipinski definition) is 5. The molecule has 2 saturated heterocycles. The molecule has 0 spiro atoms. The van der Waals surface area contributed by atoms with Gasteiger partial charge in [0.25, 0.3) is 0 Å². The molecule has 2 amide bonds. The van der Waals surface area contributed by atoms with Gasteiger partial charge in [0.2, 0.25) is 5.75 Å². The van der Waals surface area contributed by atoms with Crippen molar-refractivity contribution in [3.8, 4) is 17.2 Å².